The van der Waals surface area contributed by atoms with E-state index in [9.17, 15) is 14.4 Å². The molecule has 1 N–H and O–H groups in total. The van der Waals surface area contributed by atoms with Gasteiger partial charge < -0.3 is 19.5 Å². The Hall–Kier alpha value is -4.13. The van der Waals surface area contributed by atoms with Crippen molar-refractivity contribution < 1.29 is 28.6 Å². The molecule has 0 aliphatic rings. The van der Waals surface area contributed by atoms with E-state index in [1.165, 1.54) is 7.11 Å². The largest absolute Gasteiger partial charge is 0.492 e. The SMILES string of the molecule is CCCCC(Cc1ccc(OCCNC(=O)c2ccc(-c3ccc(C(=O)OC)cc3)cc2)cc1)C(=O)OCC. The summed E-state index contributed by atoms with van der Waals surface area (Å²) in [5, 5.41) is 2.87. The first-order valence-electron chi connectivity index (χ1n) is 13.4. The summed E-state index contributed by atoms with van der Waals surface area (Å²) < 4.78 is 15.7. The fraction of sp³-hybridized carbons (Fsp3) is 0.344. The molecule has 0 radical (unpaired) electrons. The van der Waals surface area contributed by atoms with E-state index in [-0.39, 0.29) is 23.8 Å². The Kier molecular flexibility index (Phi) is 11.6. The van der Waals surface area contributed by atoms with Crippen LogP contribution >= 0.6 is 0 Å². The molecule has 0 aliphatic carbocycles. The Morgan fingerprint density at radius 2 is 1.44 bits per heavy atom. The maximum absolute atomic E-state index is 12.5. The smallest absolute Gasteiger partial charge is 0.337 e. The van der Waals surface area contributed by atoms with Crippen LogP contribution in [0.1, 0.15) is 59.4 Å². The van der Waals surface area contributed by atoms with Gasteiger partial charge in [-0.25, -0.2) is 4.79 Å². The van der Waals surface area contributed by atoms with Crippen LogP contribution in [0, 0.1) is 5.92 Å². The molecule has 1 atom stereocenters. The number of hydrogen-bond acceptors (Lipinski definition) is 6. The normalized spacial score (nSPS) is 11.4. The third-order valence-corrected chi connectivity index (χ3v) is 6.37. The van der Waals surface area contributed by atoms with Gasteiger partial charge in [-0.3, -0.25) is 9.59 Å². The zero-order chi connectivity index (χ0) is 28.0. The number of esters is 2. The van der Waals surface area contributed by atoms with Crippen molar-refractivity contribution in [2.75, 3.05) is 26.9 Å². The minimum absolute atomic E-state index is 0.131. The van der Waals surface area contributed by atoms with Crippen LogP contribution in [0.3, 0.4) is 0 Å². The van der Waals surface area contributed by atoms with Gasteiger partial charge >= 0.3 is 11.9 Å². The second-order valence-electron chi connectivity index (χ2n) is 9.19. The molecule has 0 aromatic heterocycles. The van der Waals surface area contributed by atoms with Gasteiger partial charge in [0.2, 0.25) is 0 Å². The van der Waals surface area contributed by atoms with E-state index in [1.807, 2.05) is 55.5 Å². The molecule has 3 rings (SSSR count). The lowest BCUT2D eigenvalue weighted by Gasteiger charge is -2.15. The number of carbonyl (C=O) groups excluding carboxylic acids is 3. The number of carbonyl (C=O) groups is 3. The van der Waals surface area contributed by atoms with Gasteiger partial charge in [0.25, 0.3) is 5.91 Å². The number of methoxy groups -OCH3 is 1. The average molecular weight is 532 g/mol. The summed E-state index contributed by atoms with van der Waals surface area (Å²) in [6.07, 6.45) is 3.50. The third kappa shape index (κ3) is 8.99. The topological polar surface area (TPSA) is 90.9 Å². The van der Waals surface area contributed by atoms with Gasteiger partial charge in [-0.15, -0.1) is 0 Å². The van der Waals surface area contributed by atoms with E-state index < -0.39 is 0 Å². The lowest BCUT2D eigenvalue weighted by atomic mass is 9.94. The Bertz CT molecular complexity index is 1200. The average Bonchev–Trinajstić information content (AvgIpc) is 2.98. The quantitative estimate of drug-likeness (QED) is 0.207. The van der Waals surface area contributed by atoms with Crippen LogP contribution in [-0.2, 0) is 20.7 Å². The molecule has 3 aromatic carbocycles. The second-order valence-corrected chi connectivity index (χ2v) is 9.19. The van der Waals surface area contributed by atoms with Crippen LogP contribution < -0.4 is 10.1 Å². The van der Waals surface area contributed by atoms with Crippen LogP contribution in [0.2, 0.25) is 0 Å². The van der Waals surface area contributed by atoms with Gasteiger partial charge in [-0.05, 0) is 72.9 Å². The molecule has 7 nitrogen and oxygen atoms in total. The van der Waals surface area contributed by atoms with E-state index in [2.05, 4.69) is 12.2 Å². The summed E-state index contributed by atoms with van der Waals surface area (Å²) in [6.45, 7) is 5.03. The van der Waals surface area contributed by atoms with Crippen molar-refractivity contribution in [3.8, 4) is 16.9 Å². The number of unbranched alkanes of at least 4 members (excludes halogenated alkanes) is 1. The van der Waals surface area contributed by atoms with E-state index in [4.69, 9.17) is 14.2 Å². The number of ether oxygens (including phenoxy) is 3. The molecule has 0 saturated heterocycles. The summed E-state index contributed by atoms with van der Waals surface area (Å²) in [5.74, 6) is -0.119. The maximum atomic E-state index is 12.5. The summed E-state index contributed by atoms with van der Waals surface area (Å²) in [6, 6.07) is 22.1. The molecule has 0 aliphatic heterocycles. The number of hydrogen-bond donors (Lipinski definition) is 1. The highest BCUT2D eigenvalue weighted by Crippen LogP contribution is 2.22. The first-order chi connectivity index (χ1) is 18.9. The zero-order valence-corrected chi connectivity index (χ0v) is 22.9. The van der Waals surface area contributed by atoms with Gasteiger partial charge in [0, 0.05) is 5.56 Å². The standard InChI is InChI=1S/C32H37NO6/c1-4-6-7-28(32(36)38-5-2)22-23-8-18-29(19-9-23)39-21-20-33-30(34)26-14-10-24(11-15-26)25-12-16-27(17-13-25)31(35)37-3/h8-19,28H,4-7,20-22H2,1-3H3,(H,33,34). The van der Waals surface area contributed by atoms with E-state index in [1.54, 1.807) is 24.3 Å². The fourth-order valence-corrected chi connectivity index (χ4v) is 4.19. The van der Waals surface area contributed by atoms with Crippen molar-refractivity contribution in [1.82, 2.24) is 5.32 Å². The molecular formula is C32H37NO6. The van der Waals surface area contributed by atoms with Crippen molar-refractivity contribution in [3.05, 3.63) is 89.5 Å². The van der Waals surface area contributed by atoms with Gasteiger partial charge in [0.1, 0.15) is 12.4 Å². The highest BCUT2D eigenvalue weighted by atomic mass is 16.5. The number of benzene rings is 3. The minimum Gasteiger partial charge on any atom is -0.492 e. The Morgan fingerprint density at radius 3 is 2.00 bits per heavy atom. The predicted octanol–water partition coefficient (Wildman–Crippen LogP) is 5.86. The lowest BCUT2D eigenvalue weighted by Crippen LogP contribution is -2.28. The Morgan fingerprint density at radius 1 is 0.821 bits per heavy atom. The third-order valence-electron chi connectivity index (χ3n) is 6.37. The van der Waals surface area contributed by atoms with Crippen molar-refractivity contribution in [3.63, 3.8) is 0 Å². The molecule has 206 valence electrons. The molecule has 0 fully saturated rings. The van der Waals surface area contributed by atoms with Crippen LogP contribution in [0.25, 0.3) is 11.1 Å². The molecule has 0 spiro atoms. The highest BCUT2D eigenvalue weighted by molar-refractivity contribution is 5.94. The zero-order valence-electron chi connectivity index (χ0n) is 22.9. The molecule has 0 heterocycles. The Balaban J connectivity index is 1.44. The van der Waals surface area contributed by atoms with E-state index >= 15 is 0 Å². The van der Waals surface area contributed by atoms with Crippen LogP contribution in [0.4, 0.5) is 0 Å². The Labute approximate surface area is 230 Å². The lowest BCUT2D eigenvalue weighted by molar-refractivity contribution is -0.148. The van der Waals surface area contributed by atoms with Crippen LogP contribution in [0.15, 0.2) is 72.8 Å². The molecular weight excluding hydrogens is 494 g/mol. The number of nitrogens with one attached hydrogen (secondary N) is 1. The summed E-state index contributed by atoms with van der Waals surface area (Å²) in [7, 11) is 1.35. The maximum Gasteiger partial charge on any atom is 0.337 e. The molecule has 0 saturated carbocycles. The highest BCUT2D eigenvalue weighted by Gasteiger charge is 2.19. The number of amides is 1. The van der Waals surface area contributed by atoms with Gasteiger partial charge in [-0.2, -0.15) is 0 Å². The van der Waals surface area contributed by atoms with Gasteiger partial charge in [0.05, 0.1) is 31.7 Å². The van der Waals surface area contributed by atoms with Crippen LogP contribution in [0.5, 0.6) is 5.75 Å². The fourth-order valence-electron chi connectivity index (χ4n) is 4.19. The van der Waals surface area contributed by atoms with Crippen molar-refractivity contribution in [2.24, 2.45) is 5.92 Å². The summed E-state index contributed by atoms with van der Waals surface area (Å²) in [4.78, 5) is 36.4. The molecule has 7 heteroatoms. The molecule has 1 unspecified atom stereocenters. The minimum atomic E-state index is -0.378. The number of rotatable bonds is 14. The summed E-state index contributed by atoms with van der Waals surface area (Å²) >= 11 is 0. The molecule has 39 heavy (non-hydrogen) atoms. The predicted molar refractivity (Wildman–Crippen MR) is 151 cm³/mol. The van der Waals surface area contributed by atoms with Crippen molar-refractivity contribution >= 4 is 17.8 Å². The first-order valence-corrected chi connectivity index (χ1v) is 13.4. The van der Waals surface area contributed by atoms with Crippen LogP contribution in [-0.4, -0.2) is 44.7 Å². The van der Waals surface area contributed by atoms with Crippen molar-refractivity contribution in [1.29, 1.82) is 0 Å². The van der Waals surface area contributed by atoms with Gasteiger partial charge in [0.15, 0.2) is 0 Å². The summed E-state index contributed by atoms with van der Waals surface area (Å²) in [5.41, 5.74) is 3.97. The first kappa shape index (κ1) is 29.4. The van der Waals surface area contributed by atoms with Crippen molar-refractivity contribution in [2.45, 2.75) is 39.5 Å². The van der Waals surface area contributed by atoms with E-state index in [0.29, 0.717) is 43.1 Å². The molecule has 3 aromatic rings. The van der Waals surface area contributed by atoms with E-state index in [0.717, 1.165) is 36.0 Å². The molecule has 1 amide bonds. The molecule has 0 bridgehead atoms. The second kappa shape index (κ2) is 15.3. The van der Waals surface area contributed by atoms with Gasteiger partial charge in [-0.1, -0.05) is 56.2 Å². The monoisotopic (exact) mass is 531 g/mol.